The molecule has 104 valence electrons. The van der Waals surface area contributed by atoms with E-state index in [1.54, 1.807) is 4.90 Å². The Morgan fingerprint density at radius 1 is 1.28 bits per heavy atom. The molecule has 2 rings (SSSR count). The van der Waals surface area contributed by atoms with E-state index < -0.39 is 0 Å². The van der Waals surface area contributed by atoms with Crippen LogP contribution in [0.1, 0.15) is 32.6 Å². The van der Waals surface area contributed by atoms with Gasteiger partial charge in [-0.25, -0.2) is 0 Å². The number of nitrogens with zero attached hydrogens (tertiary/aromatic N) is 2. The van der Waals surface area contributed by atoms with E-state index in [0.29, 0.717) is 6.04 Å². The number of piperidine rings is 1. The molecule has 4 nitrogen and oxygen atoms in total. The molecule has 2 heterocycles. The van der Waals surface area contributed by atoms with Gasteiger partial charge in [0.25, 0.3) is 0 Å². The monoisotopic (exact) mass is 253 g/mol. The quantitative estimate of drug-likeness (QED) is 0.812. The first-order chi connectivity index (χ1) is 8.61. The molecule has 1 amide bonds. The van der Waals surface area contributed by atoms with Gasteiger partial charge in [-0.3, -0.25) is 9.69 Å². The van der Waals surface area contributed by atoms with E-state index in [2.05, 4.69) is 17.1 Å². The fourth-order valence-electron chi connectivity index (χ4n) is 3.55. The Hall–Kier alpha value is -0.610. The lowest BCUT2D eigenvalue weighted by molar-refractivity contribution is -0.134. The molecule has 2 aliphatic rings. The molecule has 0 aromatic heterocycles. The number of hydrogen-bond donors (Lipinski definition) is 1. The lowest BCUT2D eigenvalue weighted by Gasteiger charge is -2.37. The number of likely N-dealkylation sites (N-methyl/N-ethyl adjacent to an activating group) is 1. The van der Waals surface area contributed by atoms with Crippen LogP contribution < -0.4 is 5.32 Å². The van der Waals surface area contributed by atoms with E-state index in [-0.39, 0.29) is 11.9 Å². The maximum absolute atomic E-state index is 12.1. The third-order valence-electron chi connectivity index (χ3n) is 4.57. The van der Waals surface area contributed by atoms with Gasteiger partial charge in [0.1, 0.15) is 0 Å². The molecule has 0 spiro atoms. The maximum atomic E-state index is 12.1. The van der Waals surface area contributed by atoms with E-state index in [1.807, 2.05) is 14.1 Å². The summed E-state index contributed by atoms with van der Waals surface area (Å²) in [6.45, 7) is 5.45. The molecule has 2 atom stereocenters. The standard InChI is InChI=1S/C14H27N3O/c1-11(14(18)16(2)3)17-10-4-5-13(17)12-6-8-15-9-7-12/h11-13,15H,4-10H2,1-3H3. The number of carbonyl (C=O) groups is 1. The molecule has 18 heavy (non-hydrogen) atoms. The first kappa shape index (κ1) is 13.8. The molecule has 0 aromatic carbocycles. The van der Waals surface area contributed by atoms with Crippen LogP contribution in [0.25, 0.3) is 0 Å². The Bertz CT molecular complexity index is 287. The Morgan fingerprint density at radius 2 is 1.94 bits per heavy atom. The zero-order valence-corrected chi connectivity index (χ0v) is 12.0. The predicted molar refractivity (Wildman–Crippen MR) is 73.5 cm³/mol. The summed E-state index contributed by atoms with van der Waals surface area (Å²) in [6.07, 6.45) is 5.06. The summed E-state index contributed by atoms with van der Waals surface area (Å²) >= 11 is 0. The summed E-state index contributed by atoms with van der Waals surface area (Å²) < 4.78 is 0. The zero-order valence-electron chi connectivity index (χ0n) is 12.0. The van der Waals surface area contributed by atoms with Crippen molar-refractivity contribution < 1.29 is 4.79 Å². The zero-order chi connectivity index (χ0) is 13.1. The van der Waals surface area contributed by atoms with E-state index in [9.17, 15) is 4.79 Å². The van der Waals surface area contributed by atoms with Crippen molar-refractivity contribution in [2.24, 2.45) is 5.92 Å². The van der Waals surface area contributed by atoms with Gasteiger partial charge in [-0.1, -0.05) is 0 Å². The van der Waals surface area contributed by atoms with Crippen LogP contribution in [-0.2, 0) is 4.79 Å². The van der Waals surface area contributed by atoms with Gasteiger partial charge < -0.3 is 10.2 Å². The molecular formula is C14H27N3O. The molecule has 4 heteroatoms. The van der Waals surface area contributed by atoms with E-state index in [0.717, 1.165) is 25.6 Å². The smallest absolute Gasteiger partial charge is 0.239 e. The predicted octanol–water partition coefficient (Wildman–Crippen LogP) is 0.927. The Morgan fingerprint density at radius 3 is 2.56 bits per heavy atom. The van der Waals surface area contributed by atoms with E-state index in [4.69, 9.17) is 0 Å². The van der Waals surface area contributed by atoms with Gasteiger partial charge in [-0.2, -0.15) is 0 Å². The van der Waals surface area contributed by atoms with Crippen LogP contribution in [0.15, 0.2) is 0 Å². The second-order valence-electron chi connectivity index (χ2n) is 5.94. The first-order valence-electron chi connectivity index (χ1n) is 7.29. The highest BCUT2D eigenvalue weighted by Crippen LogP contribution is 2.31. The molecule has 0 aliphatic carbocycles. The molecular weight excluding hydrogens is 226 g/mol. The maximum Gasteiger partial charge on any atom is 0.239 e. The van der Waals surface area contributed by atoms with Crippen molar-refractivity contribution in [3.63, 3.8) is 0 Å². The average molecular weight is 253 g/mol. The molecule has 1 N–H and O–H groups in total. The number of hydrogen-bond acceptors (Lipinski definition) is 3. The molecule has 0 saturated carbocycles. The van der Waals surface area contributed by atoms with Crippen molar-refractivity contribution >= 4 is 5.91 Å². The summed E-state index contributed by atoms with van der Waals surface area (Å²) in [6, 6.07) is 0.674. The van der Waals surface area contributed by atoms with Crippen LogP contribution in [0.2, 0.25) is 0 Å². The number of rotatable bonds is 3. The summed E-state index contributed by atoms with van der Waals surface area (Å²) in [4.78, 5) is 16.3. The Kier molecular flexibility index (Phi) is 4.62. The van der Waals surface area contributed by atoms with Crippen molar-refractivity contribution in [2.75, 3.05) is 33.7 Å². The van der Waals surface area contributed by atoms with Crippen molar-refractivity contribution in [3.05, 3.63) is 0 Å². The van der Waals surface area contributed by atoms with Gasteiger partial charge in [0.05, 0.1) is 6.04 Å². The van der Waals surface area contributed by atoms with Crippen molar-refractivity contribution in [3.8, 4) is 0 Å². The Labute approximate surface area is 111 Å². The van der Waals surface area contributed by atoms with Gasteiger partial charge in [0, 0.05) is 20.1 Å². The summed E-state index contributed by atoms with van der Waals surface area (Å²) in [7, 11) is 3.71. The van der Waals surface area contributed by atoms with Crippen LogP contribution in [0.4, 0.5) is 0 Å². The van der Waals surface area contributed by atoms with Gasteiger partial charge >= 0.3 is 0 Å². The van der Waals surface area contributed by atoms with Gasteiger partial charge in [-0.05, 0) is 58.2 Å². The SMILES string of the molecule is CC(C(=O)N(C)C)N1CCCC1C1CCNCC1. The van der Waals surface area contributed by atoms with Crippen molar-refractivity contribution in [1.29, 1.82) is 0 Å². The molecule has 0 bridgehead atoms. The normalized spacial score (nSPS) is 28.3. The van der Waals surface area contributed by atoms with Gasteiger partial charge in [0.15, 0.2) is 0 Å². The summed E-state index contributed by atoms with van der Waals surface area (Å²) in [5.74, 6) is 1.03. The molecule has 2 fully saturated rings. The third kappa shape index (κ3) is 2.86. The molecule has 0 radical (unpaired) electrons. The fraction of sp³-hybridized carbons (Fsp3) is 0.929. The lowest BCUT2D eigenvalue weighted by atomic mass is 9.88. The molecule has 2 saturated heterocycles. The van der Waals surface area contributed by atoms with Gasteiger partial charge in [0.2, 0.25) is 5.91 Å². The second kappa shape index (κ2) is 6.02. The van der Waals surface area contributed by atoms with Gasteiger partial charge in [-0.15, -0.1) is 0 Å². The number of carbonyl (C=O) groups excluding carboxylic acids is 1. The van der Waals surface area contributed by atoms with E-state index in [1.165, 1.54) is 25.7 Å². The highest BCUT2D eigenvalue weighted by molar-refractivity contribution is 5.81. The molecule has 2 unspecified atom stereocenters. The number of amides is 1. The minimum absolute atomic E-state index is 0.0439. The third-order valence-corrected chi connectivity index (χ3v) is 4.57. The highest BCUT2D eigenvalue weighted by Gasteiger charge is 2.37. The van der Waals surface area contributed by atoms with Crippen LogP contribution in [-0.4, -0.2) is 61.5 Å². The first-order valence-corrected chi connectivity index (χ1v) is 7.29. The average Bonchev–Trinajstić information content (AvgIpc) is 2.87. The van der Waals surface area contributed by atoms with Crippen LogP contribution in [0.5, 0.6) is 0 Å². The number of nitrogens with one attached hydrogen (secondary N) is 1. The summed E-state index contributed by atoms with van der Waals surface area (Å²) in [5, 5.41) is 3.43. The second-order valence-corrected chi connectivity index (χ2v) is 5.94. The van der Waals surface area contributed by atoms with Crippen molar-refractivity contribution in [2.45, 2.75) is 44.7 Å². The van der Waals surface area contributed by atoms with Crippen LogP contribution >= 0.6 is 0 Å². The minimum Gasteiger partial charge on any atom is -0.347 e. The van der Waals surface area contributed by atoms with Crippen LogP contribution in [0.3, 0.4) is 0 Å². The molecule has 2 aliphatic heterocycles. The minimum atomic E-state index is 0.0439. The molecule has 0 aromatic rings. The fourth-order valence-corrected chi connectivity index (χ4v) is 3.55. The van der Waals surface area contributed by atoms with Crippen molar-refractivity contribution in [1.82, 2.24) is 15.1 Å². The van der Waals surface area contributed by atoms with E-state index >= 15 is 0 Å². The summed E-state index contributed by atoms with van der Waals surface area (Å²) in [5.41, 5.74) is 0. The largest absolute Gasteiger partial charge is 0.347 e. The topological polar surface area (TPSA) is 35.6 Å². The lowest BCUT2D eigenvalue weighted by Crippen LogP contribution is -2.50. The van der Waals surface area contributed by atoms with Crippen LogP contribution in [0, 0.1) is 5.92 Å². The highest BCUT2D eigenvalue weighted by atomic mass is 16.2. The Balaban J connectivity index is 2.00. The number of likely N-dealkylation sites (tertiary alicyclic amines) is 1.